The third-order valence-corrected chi connectivity index (χ3v) is 2.88. The molecular formula is C11H14ClF2NO. The summed E-state index contributed by atoms with van der Waals surface area (Å²) in [5, 5.41) is 9.80. The Kier molecular flexibility index (Phi) is 4.24. The Labute approximate surface area is 98.9 Å². The quantitative estimate of drug-likeness (QED) is 0.692. The first-order chi connectivity index (χ1) is 7.09. The molecule has 0 bridgehead atoms. The molecule has 0 radical (unpaired) electrons. The van der Waals surface area contributed by atoms with Crippen molar-refractivity contribution in [2.24, 2.45) is 5.73 Å². The molecule has 2 rings (SSSR count). The van der Waals surface area contributed by atoms with Gasteiger partial charge in [-0.15, -0.1) is 12.4 Å². The number of fused-ring (bicyclic) bond motifs is 1. The van der Waals surface area contributed by atoms with Gasteiger partial charge in [0.15, 0.2) is 0 Å². The van der Waals surface area contributed by atoms with E-state index in [4.69, 9.17) is 5.73 Å². The molecule has 90 valence electrons. The highest BCUT2D eigenvalue weighted by atomic mass is 35.5. The summed E-state index contributed by atoms with van der Waals surface area (Å²) in [6.45, 7) is 0. The molecule has 0 heterocycles. The Morgan fingerprint density at radius 1 is 1.31 bits per heavy atom. The van der Waals surface area contributed by atoms with Gasteiger partial charge in [0.05, 0.1) is 6.10 Å². The molecule has 1 aromatic rings. The van der Waals surface area contributed by atoms with Crippen LogP contribution in [0.25, 0.3) is 0 Å². The predicted molar refractivity (Wildman–Crippen MR) is 59.5 cm³/mol. The summed E-state index contributed by atoms with van der Waals surface area (Å²) < 4.78 is 26.4. The van der Waals surface area contributed by atoms with Gasteiger partial charge in [0.2, 0.25) is 0 Å². The first-order valence-corrected chi connectivity index (χ1v) is 5.01. The van der Waals surface area contributed by atoms with E-state index >= 15 is 0 Å². The molecule has 0 spiro atoms. The van der Waals surface area contributed by atoms with E-state index < -0.39 is 23.8 Å². The maximum Gasteiger partial charge on any atom is 0.129 e. The van der Waals surface area contributed by atoms with Crippen molar-refractivity contribution in [1.82, 2.24) is 0 Å². The zero-order valence-electron chi connectivity index (χ0n) is 8.62. The highest BCUT2D eigenvalue weighted by Gasteiger charge is 2.25. The molecule has 2 atom stereocenters. The monoisotopic (exact) mass is 249 g/mol. The van der Waals surface area contributed by atoms with E-state index in [-0.39, 0.29) is 12.4 Å². The van der Waals surface area contributed by atoms with Gasteiger partial charge in [0.1, 0.15) is 11.6 Å². The molecule has 0 aliphatic heterocycles. The Hall–Kier alpha value is -0.710. The van der Waals surface area contributed by atoms with Crippen molar-refractivity contribution < 1.29 is 13.9 Å². The Balaban J connectivity index is 0.00000128. The van der Waals surface area contributed by atoms with Gasteiger partial charge in [0, 0.05) is 12.1 Å². The minimum absolute atomic E-state index is 0. The number of rotatable bonds is 0. The maximum atomic E-state index is 13.4. The number of nitrogens with two attached hydrogens (primary N) is 1. The topological polar surface area (TPSA) is 46.2 Å². The van der Waals surface area contributed by atoms with E-state index in [0.717, 1.165) is 6.07 Å². The van der Waals surface area contributed by atoms with Crippen LogP contribution in [0.1, 0.15) is 30.1 Å². The lowest BCUT2D eigenvalue weighted by Crippen LogP contribution is -2.27. The molecule has 1 aromatic carbocycles. The van der Waals surface area contributed by atoms with Gasteiger partial charge in [-0.05, 0) is 36.5 Å². The number of hydrogen-bond donors (Lipinski definition) is 2. The molecule has 5 heteroatoms. The number of halogens is 3. The second-order valence-electron chi connectivity index (χ2n) is 3.96. The first-order valence-electron chi connectivity index (χ1n) is 5.01. The summed E-state index contributed by atoms with van der Waals surface area (Å²) in [5.74, 6) is -1.25. The summed E-state index contributed by atoms with van der Waals surface area (Å²) in [5.41, 5.74) is 6.40. The average Bonchev–Trinajstić information content (AvgIpc) is 2.30. The molecule has 0 amide bonds. The molecule has 0 fully saturated rings. The zero-order chi connectivity index (χ0) is 11.0. The third kappa shape index (κ3) is 2.34. The van der Waals surface area contributed by atoms with Crippen LogP contribution in [0.3, 0.4) is 0 Å². The lowest BCUT2D eigenvalue weighted by Gasteiger charge is -2.17. The smallest absolute Gasteiger partial charge is 0.129 e. The standard InChI is InChI=1S/C11H13F2NO.ClH/c12-6-4-8-7(9(13)5-6)2-1-3-10(14)11(8)15;/h4-5,10-11,15H,1-3,14H2;1H. The number of aliphatic hydroxyl groups is 1. The molecule has 1 aliphatic carbocycles. The third-order valence-electron chi connectivity index (χ3n) is 2.88. The summed E-state index contributed by atoms with van der Waals surface area (Å²) in [6, 6.07) is 1.59. The Morgan fingerprint density at radius 2 is 2.00 bits per heavy atom. The number of benzene rings is 1. The Morgan fingerprint density at radius 3 is 2.69 bits per heavy atom. The van der Waals surface area contributed by atoms with Crippen LogP contribution in [0, 0.1) is 11.6 Å². The fourth-order valence-electron chi connectivity index (χ4n) is 2.05. The lowest BCUT2D eigenvalue weighted by atomic mass is 9.98. The van der Waals surface area contributed by atoms with Crippen LogP contribution in [0.4, 0.5) is 8.78 Å². The summed E-state index contributed by atoms with van der Waals surface area (Å²) in [4.78, 5) is 0. The second kappa shape index (κ2) is 5.08. The summed E-state index contributed by atoms with van der Waals surface area (Å²) >= 11 is 0. The fraction of sp³-hybridized carbons (Fsp3) is 0.455. The van der Waals surface area contributed by atoms with Gasteiger partial charge in [0.25, 0.3) is 0 Å². The van der Waals surface area contributed by atoms with Gasteiger partial charge in [-0.25, -0.2) is 8.78 Å². The molecule has 0 saturated heterocycles. The van der Waals surface area contributed by atoms with Crippen LogP contribution >= 0.6 is 12.4 Å². The van der Waals surface area contributed by atoms with E-state index in [1.54, 1.807) is 0 Å². The molecule has 0 saturated carbocycles. The van der Waals surface area contributed by atoms with Crippen molar-refractivity contribution in [3.8, 4) is 0 Å². The van der Waals surface area contributed by atoms with Crippen LogP contribution in [-0.2, 0) is 6.42 Å². The van der Waals surface area contributed by atoms with Crippen LogP contribution in [-0.4, -0.2) is 11.1 Å². The van der Waals surface area contributed by atoms with Gasteiger partial charge >= 0.3 is 0 Å². The lowest BCUT2D eigenvalue weighted by molar-refractivity contribution is 0.143. The number of aliphatic hydroxyl groups excluding tert-OH is 1. The van der Waals surface area contributed by atoms with Crippen molar-refractivity contribution >= 4 is 12.4 Å². The minimum atomic E-state index is -0.965. The van der Waals surface area contributed by atoms with Gasteiger partial charge in [-0.3, -0.25) is 0 Å². The molecule has 3 N–H and O–H groups in total. The molecule has 1 aliphatic rings. The fourth-order valence-corrected chi connectivity index (χ4v) is 2.05. The second-order valence-corrected chi connectivity index (χ2v) is 3.96. The van der Waals surface area contributed by atoms with Crippen molar-refractivity contribution in [2.45, 2.75) is 31.4 Å². The normalized spacial score (nSPS) is 24.2. The van der Waals surface area contributed by atoms with Gasteiger partial charge < -0.3 is 10.8 Å². The maximum absolute atomic E-state index is 13.4. The van der Waals surface area contributed by atoms with E-state index in [1.807, 2.05) is 0 Å². The largest absolute Gasteiger partial charge is 0.387 e. The minimum Gasteiger partial charge on any atom is -0.387 e. The summed E-state index contributed by atoms with van der Waals surface area (Å²) in [7, 11) is 0. The van der Waals surface area contributed by atoms with Crippen LogP contribution in [0.5, 0.6) is 0 Å². The van der Waals surface area contributed by atoms with Crippen LogP contribution in [0.15, 0.2) is 12.1 Å². The molecular weight excluding hydrogens is 236 g/mol. The average molecular weight is 250 g/mol. The zero-order valence-corrected chi connectivity index (χ0v) is 9.44. The Bertz CT molecular complexity index is 386. The van der Waals surface area contributed by atoms with E-state index in [9.17, 15) is 13.9 Å². The SMILES string of the molecule is Cl.NC1CCCc2c(F)cc(F)cc2C1O. The molecule has 2 unspecified atom stereocenters. The van der Waals surface area contributed by atoms with Gasteiger partial charge in [-0.2, -0.15) is 0 Å². The predicted octanol–water partition coefficient (Wildman–Crippen LogP) is 2.08. The van der Waals surface area contributed by atoms with Crippen molar-refractivity contribution in [2.75, 3.05) is 0 Å². The van der Waals surface area contributed by atoms with Gasteiger partial charge in [-0.1, -0.05) is 0 Å². The van der Waals surface area contributed by atoms with Crippen molar-refractivity contribution in [3.63, 3.8) is 0 Å². The first kappa shape index (κ1) is 13.4. The van der Waals surface area contributed by atoms with Crippen LogP contribution < -0.4 is 5.73 Å². The van der Waals surface area contributed by atoms with Crippen LogP contribution in [0.2, 0.25) is 0 Å². The molecule has 16 heavy (non-hydrogen) atoms. The van der Waals surface area contributed by atoms with E-state index in [0.29, 0.717) is 30.4 Å². The van der Waals surface area contributed by atoms with E-state index in [2.05, 4.69) is 0 Å². The number of hydrogen-bond acceptors (Lipinski definition) is 2. The van der Waals surface area contributed by atoms with Crippen molar-refractivity contribution in [1.29, 1.82) is 0 Å². The van der Waals surface area contributed by atoms with Crippen molar-refractivity contribution in [3.05, 3.63) is 34.9 Å². The summed E-state index contributed by atoms with van der Waals surface area (Å²) in [6.07, 6.45) is 0.879. The highest BCUT2D eigenvalue weighted by Crippen LogP contribution is 2.30. The molecule has 0 aromatic heterocycles. The van der Waals surface area contributed by atoms with E-state index in [1.165, 1.54) is 6.07 Å². The highest BCUT2D eigenvalue weighted by molar-refractivity contribution is 5.85. The molecule has 2 nitrogen and oxygen atoms in total.